The Bertz CT molecular complexity index is 389. The van der Waals surface area contributed by atoms with Crippen LogP contribution in [0.5, 0.6) is 0 Å². The number of likely N-dealkylation sites (N-methyl/N-ethyl adjacent to an activating group) is 1. The Kier molecular flexibility index (Phi) is 5.32. The van der Waals surface area contributed by atoms with Gasteiger partial charge in [-0.15, -0.1) is 0 Å². The highest BCUT2D eigenvalue weighted by Crippen LogP contribution is 2.24. The maximum atomic E-state index is 13.3. The van der Waals surface area contributed by atoms with E-state index in [4.69, 9.17) is 5.73 Å². The van der Waals surface area contributed by atoms with E-state index in [2.05, 4.69) is 34.7 Å². The zero-order chi connectivity index (χ0) is 13.9. The van der Waals surface area contributed by atoms with Gasteiger partial charge < -0.3 is 10.6 Å². The molecule has 0 aromatic heterocycles. The molecule has 0 aliphatic rings. The van der Waals surface area contributed by atoms with Crippen molar-refractivity contribution in [1.29, 1.82) is 0 Å². The molecule has 0 saturated heterocycles. The van der Waals surface area contributed by atoms with Gasteiger partial charge in [-0.25, -0.2) is 4.39 Å². The molecular weight excluding hydrogens is 295 g/mol. The van der Waals surface area contributed by atoms with Crippen LogP contribution in [0.4, 0.5) is 4.39 Å². The Labute approximate surface area is 117 Å². The second-order valence-electron chi connectivity index (χ2n) is 5.19. The Morgan fingerprint density at radius 2 is 2.00 bits per heavy atom. The predicted octanol–water partition coefficient (Wildman–Crippen LogP) is 3.19. The number of halogens is 2. The summed E-state index contributed by atoms with van der Waals surface area (Å²) in [7, 11) is 4.07. The molecule has 0 aliphatic heterocycles. The molecule has 1 aromatic carbocycles. The molecule has 0 aliphatic carbocycles. The minimum Gasteiger partial charge on any atom is -0.326 e. The lowest BCUT2D eigenvalue weighted by molar-refractivity contribution is 0.131. The molecule has 102 valence electrons. The third-order valence-corrected chi connectivity index (χ3v) is 4.37. The van der Waals surface area contributed by atoms with Gasteiger partial charge in [0, 0.05) is 16.1 Å². The second kappa shape index (κ2) is 6.13. The van der Waals surface area contributed by atoms with E-state index in [1.165, 1.54) is 6.07 Å². The molecule has 0 spiro atoms. The predicted molar refractivity (Wildman–Crippen MR) is 78.2 cm³/mol. The van der Waals surface area contributed by atoms with Crippen molar-refractivity contribution in [2.45, 2.75) is 38.3 Å². The van der Waals surface area contributed by atoms with E-state index in [0.29, 0.717) is 6.42 Å². The standard InChI is InChI=1S/C14H22BrFN2/c1-5-14(2,18(3)4)13(17)8-10-6-11(15)9-12(16)7-10/h6-7,9,13H,5,8,17H2,1-4H3. The van der Waals surface area contributed by atoms with Gasteiger partial charge in [0.1, 0.15) is 5.82 Å². The van der Waals surface area contributed by atoms with Crippen LogP contribution >= 0.6 is 15.9 Å². The summed E-state index contributed by atoms with van der Waals surface area (Å²) in [6.45, 7) is 4.27. The van der Waals surface area contributed by atoms with Crippen molar-refractivity contribution in [3.8, 4) is 0 Å². The first-order valence-electron chi connectivity index (χ1n) is 6.17. The van der Waals surface area contributed by atoms with E-state index in [1.807, 2.05) is 20.2 Å². The summed E-state index contributed by atoms with van der Waals surface area (Å²) in [6.07, 6.45) is 1.62. The zero-order valence-electron chi connectivity index (χ0n) is 11.5. The third kappa shape index (κ3) is 3.53. The van der Waals surface area contributed by atoms with Crippen molar-refractivity contribution in [2.24, 2.45) is 5.73 Å². The van der Waals surface area contributed by atoms with Gasteiger partial charge in [-0.1, -0.05) is 22.9 Å². The number of nitrogens with zero attached hydrogens (tertiary/aromatic N) is 1. The maximum Gasteiger partial charge on any atom is 0.124 e. The summed E-state index contributed by atoms with van der Waals surface area (Å²) in [4.78, 5) is 2.14. The highest BCUT2D eigenvalue weighted by Gasteiger charge is 2.32. The van der Waals surface area contributed by atoms with Crippen LogP contribution in [0.15, 0.2) is 22.7 Å². The lowest BCUT2D eigenvalue weighted by atomic mass is 9.85. The van der Waals surface area contributed by atoms with Gasteiger partial charge in [0.15, 0.2) is 0 Å². The van der Waals surface area contributed by atoms with Crippen LogP contribution in [-0.2, 0) is 6.42 Å². The smallest absolute Gasteiger partial charge is 0.124 e. The van der Waals surface area contributed by atoms with Crippen molar-refractivity contribution < 1.29 is 4.39 Å². The quantitative estimate of drug-likeness (QED) is 0.904. The van der Waals surface area contributed by atoms with E-state index in [1.54, 1.807) is 6.07 Å². The molecule has 18 heavy (non-hydrogen) atoms. The molecule has 0 fully saturated rings. The van der Waals surface area contributed by atoms with Crippen LogP contribution in [0, 0.1) is 5.82 Å². The number of hydrogen-bond donors (Lipinski definition) is 1. The van der Waals surface area contributed by atoms with Crippen LogP contribution in [0.25, 0.3) is 0 Å². The summed E-state index contributed by atoms with van der Waals surface area (Å²) in [5.74, 6) is -0.227. The molecule has 0 bridgehead atoms. The summed E-state index contributed by atoms with van der Waals surface area (Å²) < 4.78 is 14.1. The zero-order valence-corrected chi connectivity index (χ0v) is 13.1. The molecule has 1 aromatic rings. The molecule has 2 atom stereocenters. The highest BCUT2D eigenvalue weighted by atomic mass is 79.9. The fourth-order valence-corrected chi connectivity index (χ4v) is 2.63. The summed E-state index contributed by atoms with van der Waals surface area (Å²) in [5, 5.41) is 0. The van der Waals surface area contributed by atoms with E-state index in [-0.39, 0.29) is 17.4 Å². The molecule has 0 radical (unpaired) electrons. The van der Waals surface area contributed by atoms with Gasteiger partial charge in [-0.05, 0) is 57.6 Å². The van der Waals surface area contributed by atoms with Crippen molar-refractivity contribution >= 4 is 15.9 Å². The maximum absolute atomic E-state index is 13.3. The van der Waals surface area contributed by atoms with Gasteiger partial charge in [-0.2, -0.15) is 0 Å². The summed E-state index contributed by atoms with van der Waals surface area (Å²) in [5.41, 5.74) is 7.16. The SMILES string of the molecule is CCC(C)(C(N)Cc1cc(F)cc(Br)c1)N(C)C. The Morgan fingerprint density at radius 1 is 1.39 bits per heavy atom. The third-order valence-electron chi connectivity index (χ3n) is 3.91. The second-order valence-corrected chi connectivity index (χ2v) is 6.11. The van der Waals surface area contributed by atoms with Crippen LogP contribution in [-0.4, -0.2) is 30.6 Å². The molecule has 0 heterocycles. The summed E-state index contributed by atoms with van der Waals surface area (Å²) in [6, 6.07) is 4.90. The van der Waals surface area contributed by atoms with Gasteiger partial charge >= 0.3 is 0 Å². The number of hydrogen-bond acceptors (Lipinski definition) is 2. The normalized spacial score (nSPS) is 16.7. The van der Waals surface area contributed by atoms with Gasteiger partial charge in [-0.3, -0.25) is 0 Å². The Hall–Kier alpha value is -0.450. The number of rotatable bonds is 5. The van der Waals surface area contributed by atoms with Crippen LogP contribution < -0.4 is 5.73 Å². The summed E-state index contributed by atoms with van der Waals surface area (Å²) >= 11 is 3.31. The molecule has 2 nitrogen and oxygen atoms in total. The number of nitrogens with two attached hydrogens (primary N) is 1. The van der Waals surface area contributed by atoms with Crippen LogP contribution in [0.1, 0.15) is 25.8 Å². The monoisotopic (exact) mass is 316 g/mol. The fraction of sp³-hybridized carbons (Fsp3) is 0.571. The van der Waals surface area contributed by atoms with Crippen LogP contribution in [0.3, 0.4) is 0 Å². The van der Waals surface area contributed by atoms with Gasteiger partial charge in [0.25, 0.3) is 0 Å². The average Bonchev–Trinajstić information content (AvgIpc) is 2.25. The molecule has 4 heteroatoms. The van der Waals surface area contributed by atoms with E-state index in [0.717, 1.165) is 16.5 Å². The Morgan fingerprint density at radius 3 is 2.44 bits per heavy atom. The average molecular weight is 317 g/mol. The van der Waals surface area contributed by atoms with E-state index >= 15 is 0 Å². The highest BCUT2D eigenvalue weighted by molar-refractivity contribution is 9.10. The number of benzene rings is 1. The molecule has 1 rings (SSSR count). The van der Waals surface area contributed by atoms with Crippen molar-refractivity contribution in [2.75, 3.05) is 14.1 Å². The minimum absolute atomic E-state index is 0.0359. The topological polar surface area (TPSA) is 29.3 Å². The molecule has 2 unspecified atom stereocenters. The lowest BCUT2D eigenvalue weighted by Crippen LogP contribution is -2.55. The first kappa shape index (κ1) is 15.6. The van der Waals surface area contributed by atoms with Crippen LogP contribution in [0.2, 0.25) is 0 Å². The van der Waals surface area contributed by atoms with Crippen molar-refractivity contribution in [1.82, 2.24) is 4.90 Å². The van der Waals surface area contributed by atoms with Gasteiger partial charge in [0.05, 0.1) is 0 Å². The molecule has 0 amide bonds. The molecule has 0 saturated carbocycles. The van der Waals surface area contributed by atoms with Crippen molar-refractivity contribution in [3.05, 3.63) is 34.1 Å². The largest absolute Gasteiger partial charge is 0.326 e. The van der Waals surface area contributed by atoms with Crippen molar-refractivity contribution in [3.63, 3.8) is 0 Å². The molecular formula is C14H22BrFN2. The molecule has 2 N–H and O–H groups in total. The van der Waals surface area contributed by atoms with E-state index in [9.17, 15) is 4.39 Å². The Balaban J connectivity index is 2.89. The first-order chi connectivity index (χ1) is 8.29. The van der Waals surface area contributed by atoms with E-state index < -0.39 is 0 Å². The lowest BCUT2D eigenvalue weighted by Gasteiger charge is -2.41. The minimum atomic E-state index is -0.227. The first-order valence-corrected chi connectivity index (χ1v) is 6.97. The van der Waals surface area contributed by atoms with Gasteiger partial charge in [0.2, 0.25) is 0 Å². The fourth-order valence-electron chi connectivity index (χ4n) is 2.11.